The first-order chi connectivity index (χ1) is 9.81. The molecule has 0 atom stereocenters. The van der Waals surface area contributed by atoms with Gasteiger partial charge in [0.1, 0.15) is 10.1 Å². The SMILES string of the molecule is S=C1SCN(Cc2ccco2)CN1Cc1ccccn1. The summed E-state index contributed by atoms with van der Waals surface area (Å²) in [7, 11) is 0. The molecule has 1 aliphatic heterocycles. The van der Waals surface area contributed by atoms with Crippen molar-refractivity contribution in [2.45, 2.75) is 13.1 Å². The zero-order valence-electron chi connectivity index (χ0n) is 10.9. The van der Waals surface area contributed by atoms with Crippen LogP contribution in [-0.4, -0.2) is 31.6 Å². The van der Waals surface area contributed by atoms with Gasteiger partial charge in [-0.3, -0.25) is 9.88 Å². The Hall–Kier alpha value is -1.37. The molecule has 1 fully saturated rings. The summed E-state index contributed by atoms with van der Waals surface area (Å²) in [4.78, 5) is 8.84. The smallest absolute Gasteiger partial charge is 0.139 e. The van der Waals surface area contributed by atoms with E-state index in [2.05, 4.69) is 14.8 Å². The predicted molar refractivity (Wildman–Crippen MR) is 84.0 cm³/mol. The third-order valence-corrected chi connectivity index (χ3v) is 4.65. The lowest BCUT2D eigenvalue weighted by atomic mass is 10.3. The Morgan fingerprint density at radius 3 is 2.95 bits per heavy atom. The summed E-state index contributed by atoms with van der Waals surface area (Å²) in [6.45, 7) is 2.37. The molecule has 0 bridgehead atoms. The highest BCUT2D eigenvalue weighted by molar-refractivity contribution is 8.22. The number of nitrogens with zero attached hydrogens (tertiary/aromatic N) is 3. The number of aromatic nitrogens is 1. The molecule has 0 saturated carbocycles. The van der Waals surface area contributed by atoms with Crippen LogP contribution in [0.15, 0.2) is 47.2 Å². The van der Waals surface area contributed by atoms with Crippen molar-refractivity contribution in [2.75, 3.05) is 12.5 Å². The Morgan fingerprint density at radius 1 is 1.25 bits per heavy atom. The fourth-order valence-electron chi connectivity index (χ4n) is 2.10. The maximum absolute atomic E-state index is 5.44. The first-order valence-corrected chi connectivity index (χ1v) is 7.77. The molecule has 0 aromatic carbocycles. The van der Waals surface area contributed by atoms with Gasteiger partial charge in [-0.25, -0.2) is 0 Å². The molecule has 1 aliphatic rings. The van der Waals surface area contributed by atoms with Crippen LogP contribution in [0.3, 0.4) is 0 Å². The van der Waals surface area contributed by atoms with Gasteiger partial charge in [-0.1, -0.05) is 30.0 Å². The molecular weight excluding hydrogens is 290 g/mol. The van der Waals surface area contributed by atoms with E-state index in [9.17, 15) is 0 Å². The molecule has 0 radical (unpaired) electrons. The second kappa shape index (κ2) is 6.39. The molecule has 3 rings (SSSR count). The monoisotopic (exact) mass is 305 g/mol. The zero-order chi connectivity index (χ0) is 13.8. The molecule has 0 spiro atoms. The minimum atomic E-state index is 0.751. The van der Waals surface area contributed by atoms with Crippen LogP contribution in [0.25, 0.3) is 0 Å². The maximum atomic E-state index is 5.44. The number of hydrogen-bond acceptors (Lipinski definition) is 5. The first-order valence-electron chi connectivity index (χ1n) is 6.37. The van der Waals surface area contributed by atoms with Gasteiger partial charge in [0.2, 0.25) is 0 Å². The summed E-state index contributed by atoms with van der Waals surface area (Å²) in [6, 6.07) is 9.88. The van der Waals surface area contributed by atoms with Gasteiger partial charge >= 0.3 is 0 Å². The highest BCUT2D eigenvalue weighted by atomic mass is 32.2. The van der Waals surface area contributed by atoms with Crippen LogP contribution in [0, 0.1) is 0 Å². The van der Waals surface area contributed by atoms with Crippen molar-refractivity contribution in [3.8, 4) is 0 Å². The Bertz CT molecular complexity index is 559. The predicted octanol–water partition coefficient (Wildman–Crippen LogP) is 2.93. The lowest BCUT2D eigenvalue weighted by Crippen LogP contribution is -2.43. The minimum absolute atomic E-state index is 0.751. The maximum Gasteiger partial charge on any atom is 0.139 e. The Labute approximate surface area is 127 Å². The molecule has 0 unspecified atom stereocenters. The van der Waals surface area contributed by atoms with Crippen LogP contribution in [0.4, 0.5) is 0 Å². The van der Waals surface area contributed by atoms with Crippen LogP contribution in [0.5, 0.6) is 0 Å². The van der Waals surface area contributed by atoms with E-state index in [4.69, 9.17) is 16.6 Å². The van der Waals surface area contributed by atoms with Crippen molar-refractivity contribution >= 4 is 28.3 Å². The Kier molecular flexibility index (Phi) is 4.34. The summed E-state index contributed by atoms with van der Waals surface area (Å²) in [5.74, 6) is 1.88. The number of rotatable bonds is 4. The Morgan fingerprint density at radius 2 is 2.20 bits per heavy atom. The average molecular weight is 305 g/mol. The molecule has 1 saturated heterocycles. The molecule has 4 nitrogen and oxygen atoms in total. The molecular formula is C14H15N3OS2. The highest BCUT2D eigenvalue weighted by Crippen LogP contribution is 2.22. The van der Waals surface area contributed by atoms with Crippen LogP contribution in [-0.2, 0) is 13.1 Å². The van der Waals surface area contributed by atoms with Gasteiger partial charge < -0.3 is 9.32 Å². The molecule has 6 heteroatoms. The second-order valence-corrected chi connectivity index (χ2v) is 6.19. The van der Waals surface area contributed by atoms with Crippen molar-refractivity contribution in [1.82, 2.24) is 14.8 Å². The third kappa shape index (κ3) is 3.39. The van der Waals surface area contributed by atoms with Gasteiger partial charge in [-0.2, -0.15) is 0 Å². The van der Waals surface area contributed by atoms with E-state index >= 15 is 0 Å². The Balaban J connectivity index is 1.63. The summed E-state index contributed by atoms with van der Waals surface area (Å²) in [5.41, 5.74) is 1.04. The number of thiocarbonyl (C=S) groups is 1. The normalized spacial score (nSPS) is 16.6. The second-order valence-electron chi connectivity index (χ2n) is 4.61. The average Bonchev–Trinajstić information content (AvgIpc) is 2.97. The van der Waals surface area contributed by atoms with E-state index in [1.54, 1.807) is 18.0 Å². The van der Waals surface area contributed by atoms with Crippen molar-refractivity contribution < 1.29 is 4.42 Å². The van der Waals surface area contributed by atoms with Gasteiger partial charge in [0.05, 0.1) is 37.6 Å². The van der Waals surface area contributed by atoms with E-state index in [0.717, 1.165) is 41.4 Å². The molecule has 20 heavy (non-hydrogen) atoms. The van der Waals surface area contributed by atoms with E-state index in [1.807, 2.05) is 36.5 Å². The van der Waals surface area contributed by atoms with E-state index in [0.29, 0.717) is 0 Å². The van der Waals surface area contributed by atoms with Gasteiger partial charge in [0, 0.05) is 6.20 Å². The molecule has 2 aromatic heterocycles. The standard InChI is InChI=1S/C14H15N3OS2/c19-14-17(8-12-4-1-2-6-15-12)10-16(11-20-14)9-13-5-3-7-18-13/h1-7H,8-11H2. The third-order valence-electron chi connectivity index (χ3n) is 3.04. The van der Waals surface area contributed by atoms with Crippen molar-refractivity contribution in [2.24, 2.45) is 0 Å². The molecule has 2 aromatic rings. The topological polar surface area (TPSA) is 32.5 Å². The first kappa shape index (κ1) is 13.6. The van der Waals surface area contributed by atoms with Crippen molar-refractivity contribution in [3.63, 3.8) is 0 Å². The van der Waals surface area contributed by atoms with E-state index in [1.165, 1.54) is 0 Å². The van der Waals surface area contributed by atoms with Gasteiger partial charge in [-0.15, -0.1) is 0 Å². The van der Waals surface area contributed by atoms with Crippen molar-refractivity contribution in [3.05, 3.63) is 54.2 Å². The molecule has 0 aliphatic carbocycles. The largest absolute Gasteiger partial charge is 0.468 e. The van der Waals surface area contributed by atoms with Crippen molar-refractivity contribution in [1.29, 1.82) is 0 Å². The lowest BCUT2D eigenvalue weighted by Gasteiger charge is -2.36. The summed E-state index contributed by atoms with van der Waals surface area (Å²) < 4.78 is 6.34. The summed E-state index contributed by atoms with van der Waals surface area (Å²) in [6.07, 6.45) is 3.53. The molecule has 3 heterocycles. The summed E-state index contributed by atoms with van der Waals surface area (Å²) in [5, 5.41) is 0. The van der Waals surface area contributed by atoms with E-state index < -0.39 is 0 Å². The number of pyridine rings is 1. The molecule has 0 N–H and O–H groups in total. The highest BCUT2D eigenvalue weighted by Gasteiger charge is 2.22. The van der Waals surface area contributed by atoms with Gasteiger partial charge in [-0.05, 0) is 24.3 Å². The van der Waals surface area contributed by atoms with Crippen LogP contribution < -0.4 is 0 Å². The van der Waals surface area contributed by atoms with Gasteiger partial charge in [0.15, 0.2) is 0 Å². The molecule has 104 valence electrons. The fourth-order valence-corrected chi connectivity index (χ4v) is 3.15. The van der Waals surface area contributed by atoms with Crippen LogP contribution in [0.1, 0.15) is 11.5 Å². The number of furan rings is 1. The number of hydrogen-bond donors (Lipinski definition) is 0. The fraction of sp³-hybridized carbons (Fsp3) is 0.286. The summed E-state index contributed by atoms with van der Waals surface area (Å²) >= 11 is 7.13. The van der Waals surface area contributed by atoms with E-state index in [-0.39, 0.29) is 0 Å². The minimum Gasteiger partial charge on any atom is -0.468 e. The quantitative estimate of drug-likeness (QED) is 0.808. The number of thioether (sulfide) groups is 1. The van der Waals surface area contributed by atoms with Crippen LogP contribution in [0.2, 0.25) is 0 Å². The van der Waals surface area contributed by atoms with Crippen LogP contribution >= 0.6 is 24.0 Å². The molecule has 0 amide bonds. The zero-order valence-corrected chi connectivity index (χ0v) is 12.6. The lowest BCUT2D eigenvalue weighted by molar-refractivity contribution is 0.188. The van der Waals surface area contributed by atoms with Gasteiger partial charge in [0.25, 0.3) is 0 Å².